The van der Waals surface area contributed by atoms with E-state index >= 15 is 0 Å². The van der Waals surface area contributed by atoms with E-state index in [0.29, 0.717) is 11.1 Å². The Kier molecular flexibility index (Phi) is 3.96. The number of nitrogens with zero attached hydrogens (tertiary/aromatic N) is 1. The average Bonchev–Trinajstić information content (AvgIpc) is 2.45. The van der Waals surface area contributed by atoms with Crippen LogP contribution in [0.5, 0.6) is 5.75 Å². The van der Waals surface area contributed by atoms with Crippen LogP contribution in [0.1, 0.15) is 21.5 Å². The maximum Gasteiger partial charge on any atom is 0.342 e. The second-order valence-electron chi connectivity index (χ2n) is 3.98. The van der Waals surface area contributed by atoms with Crippen LogP contribution in [0.2, 0.25) is 0 Å². The Morgan fingerprint density at radius 2 is 2.00 bits per heavy atom. The normalized spacial score (nSPS) is 9.80. The molecule has 2 aromatic carbocycles. The SMILES string of the molecule is N#Cc1ccccc1COc1cccc(F)c1C(=O)O. The first kappa shape index (κ1) is 13.6. The fraction of sp³-hybridized carbons (Fsp3) is 0.0667. The summed E-state index contributed by atoms with van der Waals surface area (Å²) in [6, 6.07) is 12.6. The van der Waals surface area contributed by atoms with Crippen LogP contribution in [0.3, 0.4) is 0 Å². The number of carboxylic acids is 1. The molecule has 0 heterocycles. The summed E-state index contributed by atoms with van der Waals surface area (Å²) in [6.45, 7) is -0.00648. The van der Waals surface area contributed by atoms with Crippen LogP contribution in [-0.2, 0) is 6.61 Å². The Bertz CT molecular complexity index is 692. The number of rotatable bonds is 4. The van der Waals surface area contributed by atoms with Crippen LogP contribution in [0, 0.1) is 17.1 Å². The van der Waals surface area contributed by atoms with Crippen molar-refractivity contribution in [2.24, 2.45) is 0 Å². The quantitative estimate of drug-likeness (QED) is 0.928. The van der Waals surface area contributed by atoms with Crippen molar-refractivity contribution in [3.05, 3.63) is 65.0 Å². The van der Waals surface area contributed by atoms with E-state index in [1.807, 2.05) is 6.07 Å². The third-order valence-electron chi connectivity index (χ3n) is 2.71. The molecule has 0 radical (unpaired) electrons. The van der Waals surface area contributed by atoms with Crippen LogP contribution in [0.15, 0.2) is 42.5 Å². The second kappa shape index (κ2) is 5.85. The van der Waals surface area contributed by atoms with Crippen LogP contribution in [-0.4, -0.2) is 11.1 Å². The summed E-state index contributed by atoms with van der Waals surface area (Å²) in [6.07, 6.45) is 0. The minimum atomic E-state index is -1.40. The maximum atomic E-state index is 13.5. The zero-order valence-corrected chi connectivity index (χ0v) is 10.3. The van der Waals surface area contributed by atoms with Gasteiger partial charge in [0.15, 0.2) is 0 Å². The average molecular weight is 271 g/mol. The predicted molar refractivity (Wildman–Crippen MR) is 68.8 cm³/mol. The molecule has 0 saturated heterocycles. The largest absolute Gasteiger partial charge is 0.488 e. The van der Waals surface area contributed by atoms with Gasteiger partial charge in [-0.15, -0.1) is 0 Å². The van der Waals surface area contributed by atoms with Gasteiger partial charge < -0.3 is 9.84 Å². The second-order valence-corrected chi connectivity index (χ2v) is 3.98. The Morgan fingerprint density at radius 1 is 1.25 bits per heavy atom. The predicted octanol–water partition coefficient (Wildman–Crippen LogP) is 2.97. The molecule has 0 aromatic heterocycles. The third kappa shape index (κ3) is 2.75. The van der Waals surface area contributed by atoms with Crippen molar-refractivity contribution in [1.82, 2.24) is 0 Å². The lowest BCUT2D eigenvalue weighted by Gasteiger charge is -2.10. The standard InChI is InChI=1S/C15H10FNO3/c16-12-6-3-7-13(14(12)15(18)19)20-9-11-5-2-1-4-10(11)8-17/h1-7H,9H2,(H,18,19). The number of aromatic carboxylic acids is 1. The Balaban J connectivity index is 2.26. The first-order valence-electron chi connectivity index (χ1n) is 5.76. The van der Waals surface area contributed by atoms with Crippen LogP contribution in [0.4, 0.5) is 4.39 Å². The number of carbonyl (C=O) groups is 1. The molecular weight excluding hydrogens is 261 g/mol. The fourth-order valence-electron chi connectivity index (χ4n) is 1.74. The van der Waals surface area contributed by atoms with Crippen molar-refractivity contribution in [3.8, 4) is 11.8 Å². The number of ether oxygens (including phenoxy) is 1. The van der Waals surface area contributed by atoms with E-state index in [1.54, 1.807) is 24.3 Å². The van der Waals surface area contributed by atoms with Crippen molar-refractivity contribution < 1.29 is 19.0 Å². The summed E-state index contributed by atoms with van der Waals surface area (Å²) in [5.74, 6) is -2.32. The molecule has 0 aliphatic heterocycles. The lowest BCUT2D eigenvalue weighted by atomic mass is 10.1. The highest BCUT2D eigenvalue weighted by atomic mass is 19.1. The van der Waals surface area contributed by atoms with Gasteiger partial charge in [-0.2, -0.15) is 5.26 Å². The highest BCUT2D eigenvalue weighted by Gasteiger charge is 2.17. The van der Waals surface area contributed by atoms with Gasteiger partial charge in [0.1, 0.15) is 23.7 Å². The third-order valence-corrected chi connectivity index (χ3v) is 2.71. The number of nitriles is 1. The summed E-state index contributed by atoms with van der Waals surface area (Å²) >= 11 is 0. The zero-order valence-electron chi connectivity index (χ0n) is 10.3. The van der Waals surface area contributed by atoms with Crippen molar-refractivity contribution >= 4 is 5.97 Å². The fourth-order valence-corrected chi connectivity index (χ4v) is 1.74. The number of hydrogen-bond acceptors (Lipinski definition) is 3. The number of halogens is 1. The van der Waals surface area contributed by atoms with E-state index in [4.69, 9.17) is 15.1 Å². The van der Waals surface area contributed by atoms with Gasteiger partial charge in [-0.1, -0.05) is 24.3 Å². The molecule has 1 N–H and O–H groups in total. The van der Waals surface area contributed by atoms with Gasteiger partial charge in [-0.25, -0.2) is 9.18 Å². The highest BCUT2D eigenvalue weighted by Crippen LogP contribution is 2.23. The van der Waals surface area contributed by atoms with Gasteiger partial charge in [0, 0.05) is 5.56 Å². The van der Waals surface area contributed by atoms with E-state index in [9.17, 15) is 9.18 Å². The van der Waals surface area contributed by atoms with E-state index in [-0.39, 0.29) is 12.4 Å². The van der Waals surface area contributed by atoms with Gasteiger partial charge in [0.25, 0.3) is 0 Å². The molecule has 0 unspecified atom stereocenters. The van der Waals surface area contributed by atoms with E-state index in [0.717, 1.165) is 6.07 Å². The summed E-state index contributed by atoms with van der Waals surface area (Å²) in [7, 11) is 0. The molecule has 2 aromatic rings. The van der Waals surface area contributed by atoms with Gasteiger partial charge in [0.05, 0.1) is 11.6 Å². The minimum Gasteiger partial charge on any atom is -0.488 e. The van der Waals surface area contributed by atoms with Gasteiger partial charge in [-0.05, 0) is 18.2 Å². The van der Waals surface area contributed by atoms with Crippen molar-refractivity contribution in [2.45, 2.75) is 6.61 Å². The molecule has 0 aliphatic carbocycles. The molecule has 4 nitrogen and oxygen atoms in total. The Hall–Kier alpha value is -2.87. The van der Waals surface area contributed by atoms with E-state index < -0.39 is 17.3 Å². The van der Waals surface area contributed by atoms with Crippen molar-refractivity contribution in [3.63, 3.8) is 0 Å². The molecule has 2 rings (SSSR count). The first-order valence-corrected chi connectivity index (χ1v) is 5.76. The molecule has 0 atom stereocenters. The molecular formula is C15H10FNO3. The summed E-state index contributed by atoms with van der Waals surface area (Å²) in [5.41, 5.74) is 0.526. The Morgan fingerprint density at radius 3 is 2.70 bits per heavy atom. The maximum absolute atomic E-state index is 13.5. The molecule has 5 heteroatoms. The highest BCUT2D eigenvalue weighted by molar-refractivity contribution is 5.91. The molecule has 100 valence electrons. The molecule has 0 amide bonds. The smallest absolute Gasteiger partial charge is 0.342 e. The van der Waals surface area contributed by atoms with Crippen LogP contribution >= 0.6 is 0 Å². The number of hydrogen-bond donors (Lipinski definition) is 1. The van der Waals surface area contributed by atoms with Crippen molar-refractivity contribution in [2.75, 3.05) is 0 Å². The lowest BCUT2D eigenvalue weighted by Crippen LogP contribution is -2.06. The van der Waals surface area contributed by atoms with Gasteiger partial charge in [0.2, 0.25) is 0 Å². The van der Waals surface area contributed by atoms with Gasteiger partial charge >= 0.3 is 5.97 Å². The molecule has 0 bridgehead atoms. The first-order chi connectivity index (χ1) is 9.63. The van der Waals surface area contributed by atoms with Gasteiger partial charge in [-0.3, -0.25) is 0 Å². The summed E-state index contributed by atoms with van der Waals surface area (Å²) in [5, 5.41) is 17.9. The molecule has 0 spiro atoms. The Labute approximate surface area is 114 Å². The molecule has 0 saturated carbocycles. The minimum absolute atomic E-state index is 0.00648. The zero-order chi connectivity index (χ0) is 14.5. The van der Waals surface area contributed by atoms with Crippen LogP contribution in [0.25, 0.3) is 0 Å². The molecule has 20 heavy (non-hydrogen) atoms. The van der Waals surface area contributed by atoms with E-state index in [2.05, 4.69) is 0 Å². The molecule has 0 fully saturated rings. The number of carboxylic acid groups (broad SMARTS) is 1. The number of benzene rings is 2. The van der Waals surface area contributed by atoms with Crippen LogP contribution < -0.4 is 4.74 Å². The van der Waals surface area contributed by atoms with E-state index in [1.165, 1.54) is 12.1 Å². The lowest BCUT2D eigenvalue weighted by molar-refractivity contribution is 0.0686. The monoisotopic (exact) mass is 271 g/mol. The molecule has 0 aliphatic rings. The summed E-state index contributed by atoms with van der Waals surface area (Å²) < 4.78 is 18.8. The topological polar surface area (TPSA) is 70.3 Å². The van der Waals surface area contributed by atoms with Crippen molar-refractivity contribution in [1.29, 1.82) is 5.26 Å². The summed E-state index contributed by atoms with van der Waals surface area (Å²) in [4.78, 5) is 11.0.